The highest BCUT2D eigenvalue weighted by molar-refractivity contribution is 7.92. The Morgan fingerprint density at radius 1 is 1.22 bits per heavy atom. The van der Waals surface area contributed by atoms with Crippen molar-refractivity contribution in [1.29, 1.82) is 0 Å². The van der Waals surface area contributed by atoms with Crippen LogP contribution in [0.25, 0.3) is 11.4 Å². The maximum Gasteiger partial charge on any atom is 0.276 e. The SMILES string of the molecule is CCS(=O)(=O)Nc1cc(-c2noc(CCC(=O)NCCCNC3=C4C=CC=CC4C(=O)N=N3)n2)cs1. The summed E-state index contributed by atoms with van der Waals surface area (Å²) < 4.78 is 31.1. The zero-order valence-electron chi connectivity index (χ0n) is 19.4. The number of sulfonamides is 1. The number of nitrogens with zero attached hydrogens (tertiary/aromatic N) is 4. The molecule has 14 heteroatoms. The van der Waals surface area contributed by atoms with Gasteiger partial charge >= 0.3 is 0 Å². The minimum absolute atomic E-state index is 0.0196. The van der Waals surface area contributed by atoms with Gasteiger partial charge in [-0.15, -0.1) is 21.6 Å². The second-order valence-electron chi connectivity index (χ2n) is 7.91. The summed E-state index contributed by atoms with van der Waals surface area (Å²) in [7, 11) is -3.36. The molecule has 1 atom stereocenters. The van der Waals surface area contributed by atoms with E-state index in [1.807, 2.05) is 18.2 Å². The Hall–Kier alpha value is -3.65. The molecule has 2 amide bonds. The van der Waals surface area contributed by atoms with Gasteiger partial charge in [0.15, 0.2) is 5.82 Å². The van der Waals surface area contributed by atoms with E-state index < -0.39 is 15.9 Å². The molecule has 1 aliphatic heterocycles. The fourth-order valence-corrected chi connectivity index (χ4v) is 5.08. The molecule has 36 heavy (non-hydrogen) atoms. The average molecular weight is 532 g/mol. The molecule has 2 aliphatic rings. The van der Waals surface area contributed by atoms with E-state index in [0.717, 1.165) is 5.57 Å². The molecule has 0 radical (unpaired) electrons. The predicted molar refractivity (Wildman–Crippen MR) is 133 cm³/mol. The Morgan fingerprint density at radius 3 is 2.92 bits per heavy atom. The van der Waals surface area contributed by atoms with E-state index in [2.05, 4.69) is 35.7 Å². The van der Waals surface area contributed by atoms with Gasteiger partial charge in [-0.3, -0.25) is 14.3 Å². The first-order chi connectivity index (χ1) is 17.3. The molecular formula is C22H25N7O5S2. The lowest BCUT2D eigenvalue weighted by molar-refractivity contribution is -0.121. The Kier molecular flexibility index (Phi) is 8.05. The molecule has 2 aromatic rings. The molecule has 3 N–H and O–H groups in total. The summed E-state index contributed by atoms with van der Waals surface area (Å²) in [5, 5.41) is 19.8. The van der Waals surface area contributed by atoms with E-state index in [4.69, 9.17) is 4.52 Å². The summed E-state index contributed by atoms with van der Waals surface area (Å²) >= 11 is 1.23. The van der Waals surface area contributed by atoms with E-state index in [1.54, 1.807) is 24.4 Å². The third-order valence-electron chi connectivity index (χ3n) is 5.31. The molecule has 190 valence electrons. The quantitative estimate of drug-likeness (QED) is 0.351. The average Bonchev–Trinajstić information content (AvgIpc) is 3.53. The lowest BCUT2D eigenvalue weighted by Crippen LogP contribution is -2.28. The first-order valence-corrected chi connectivity index (χ1v) is 13.8. The Bertz CT molecular complexity index is 1350. The van der Waals surface area contributed by atoms with Gasteiger partial charge in [-0.05, 0) is 19.4 Å². The number of carbonyl (C=O) groups is 2. The molecule has 1 unspecified atom stereocenters. The van der Waals surface area contributed by atoms with Gasteiger partial charge < -0.3 is 15.2 Å². The van der Waals surface area contributed by atoms with Gasteiger partial charge in [-0.2, -0.15) is 4.98 Å². The van der Waals surface area contributed by atoms with Crippen molar-refractivity contribution in [2.24, 2.45) is 16.1 Å². The van der Waals surface area contributed by atoms with Crippen molar-refractivity contribution in [3.05, 3.63) is 53.0 Å². The lowest BCUT2D eigenvalue weighted by atomic mass is 9.93. The van der Waals surface area contributed by atoms with E-state index >= 15 is 0 Å². The van der Waals surface area contributed by atoms with Gasteiger partial charge in [0, 0.05) is 42.4 Å². The molecule has 0 fully saturated rings. The molecule has 3 heterocycles. The number of amides is 2. The van der Waals surface area contributed by atoms with Gasteiger partial charge in [0.05, 0.1) is 11.7 Å². The van der Waals surface area contributed by atoms with Crippen molar-refractivity contribution in [2.45, 2.75) is 26.2 Å². The third kappa shape index (κ3) is 6.51. The molecule has 4 rings (SSSR count). The highest BCUT2D eigenvalue weighted by atomic mass is 32.2. The summed E-state index contributed by atoms with van der Waals surface area (Å²) in [6, 6.07) is 1.64. The Balaban J connectivity index is 1.17. The number of hydrogen-bond acceptors (Lipinski definition) is 10. The summed E-state index contributed by atoms with van der Waals surface area (Å²) in [5.74, 6) is 0.377. The third-order valence-corrected chi connectivity index (χ3v) is 7.58. The number of anilines is 1. The van der Waals surface area contributed by atoms with Crippen molar-refractivity contribution in [3.8, 4) is 11.4 Å². The van der Waals surface area contributed by atoms with Crippen molar-refractivity contribution >= 4 is 38.2 Å². The molecule has 0 spiro atoms. The molecule has 0 bridgehead atoms. The Labute approximate surface area is 211 Å². The van der Waals surface area contributed by atoms with Crippen LogP contribution < -0.4 is 15.4 Å². The molecule has 0 saturated heterocycles. The molecule has 2 aromatic heterocycles. The predicted octanol–water partition coefficient (Wildman–Crippen LogP) is 2.53. The second kappa shape index (κ2) is 11.4. The minimum Gasteiger partial charge on any atom is -0.368 e. The summed E-state index contributed by atoms with van der Waals surface area (Å²) in [6.45, 7) is 2.58. The van der Waals surface area contributed by atoms with Gasteiger partial charge in [0.25, 0.3) is 5.91 Å². The fourth-order valence-electron chi connectivity index (χ4n) is 3.38. The van der Waals surface area contributed by atoms with E-state index in [-0.39, 0.29) is 30.4 Å². The second-order valence-corrected chi connectivity index (χ2v) is 10.8. The number of carbonyl (C=O) groups excluding carboxylic acids is 2. The van der Waals surface area contributed by atoms with Crippen LogP contribution in [0.4, 0.5) is 5.00 Å². The van der Waals surface area contributed by atoms with Crippen LogP contribution >= 0.6 is 11.3 Å². The molecule has 0 aromatic carbocycles. The number of rotatable bonds is 12. The number of hydrogen-bond donors (Lipinski definition) is 3. The van der Waals surface area contributed by atoms with E-state index in [9.17, 15) is 18.0 Å². The van der Waals surface area contributed by atoms with Crippen LogP contribution in [0.3, 0.4) is 0 Å². The maximum atomic E-state index is 12.2. The topological polar surface area (TPSA) is 168 Å². The number of aromatic nitrogens is 2. The lowest BCUT2D eigenvalue weighted by Gasteiger charge is -2.20. The molecule has 0 saturated carbocycles. The summed E-state index contributed by atoms with van der Waals surface area (Å²) in [6.07, 6.45) is 8.42. The van der Waals surface area contributed by atoms with Gasteiger partial charge in [-0.1, -0.05) is 29.5 Å². The van der Waals surface area contributed by atoms with Crippen molar-refractivity contribution in [1.82, 2.24) is 20.8 Å². The first kappa shape index (κ1) is 25.4. The van der Waals surface area contributed by atoms with Gasteiger partial charge in [-0.25, -0.2) is 8.42 Å². The number of fused-ring (bicyclic) bond motifs is 1. The summed E-state index contributed by atoms with van der Waals surface area (Å²) in [4.78, 5) is 28.3. The number of azo groups is 1. The van der Waals surface area contributed by atoms with Crippen LogP contribution in [0.5, 0.6) is 0 Å². The highest BCUT2D eigenvalue weighted by Crippen LogP contribution is 2.28. The number of allylic oxidation sites excluding steroid dienone is 3. The molecule has 1 aliphatic carbocycles. The monoisotopic (exact) mass is 531 g/mol. The first-order valence-electron chi connectivity index (χ1n) is 11.3. The van der Waals surface area contributed by atoms with Crippen molar-refractivity contribution in [2.75, 3.05) is 23.6 Å². The summed E-state index contributed by atoms with van der Waals surface area (Å²) in [5.41, 5.74) is 1.42. The van der Waals surface area contributed by atoms with E-state index in [1.165, 1.54) is 11.3 Å². The zero-order chi connectivity index (χ0) is 25.5. The van der Waals surface area contributed by atoms with Crippen LogP contribution in [-0.2, 0) is 26.0 Å². The standard InChI is InChI=1S/C22H25N7O5S2/c1-2-36(32,33)29-19-12-14(13-35-19)20-25-18(34-28-20)9-8-17(30)23-10-5-11-24-21-15-6-3-4-7-16(15)22(31)27-26-21/h3-4,6-7,12-13,16,24,29H,2,5,8-11H2,1H3,(H,23,30). The highest BCUT2D eigenvalue weighted by Gasteiger charge is 2.27. The van der Waals surface area contributed by atoms with Crippen molar-refractivity contribution in [3.63, 3.8) is 0 Å². The van der Waals surface area contributed by atoms with Gasteiger partial charge in [0.1, 0.15) is 5.00 Å². The Morgan fingerprint density at radius 2 is 2.08 bits per heavy atom. The normalized spacial score (nSPS) is 16.8. The van der Waals surface area contributed by atoms with Crippen LogP contribution in [0.15, 0.2) is 61.9 Å². The smallest absolute Gasteiger partial charge is 0.276 e. The number of aryl methyl sites for hydroxylation is 1. The van der Waals surface area contributed by atoms with Crippen LogP contribution in [0, 0.1) is 5.92 Å². The van der Waals surface area contributed by atoms with Gasteiger partial charge in [0.2, 0.25) is 27.6 Å². The van der Waals surface area contributed by atoms with Crippen molar-refractivity contribution < 1.29 is 22.5 Å². The maximum absolute atomic E-state index is 12.2. The minimum atomic E-state index is -3.36. The number of thiophene rings is 1. The number of nitrogens with one attached hydrogen (secondary N) is 3. The van der Waals surface area contributed by atoms with Crippen LogP contribution in [0.1, 0.15) is 25.7 Å². The van der Waals surface area contributed by atoms with Crippen LogP contribution in [0.2, 0.25) is 0 Å². The fraction of sp³-hybridized carbons (Fsp3) is 0.364. The molecule has 12 nitrogen and oxygen atoms in total. The molecular weight excluding hydrogens is 506 g/mol. The largest absolute Gasteiger partial charge is 0.368 e. The zero-order valence-corrected chi connectivity index (χ0v) is 21.1. The van der Waals surface area contributed by atoms with E-state index in [0.29, 0.717) is 47.6 Å². The van der Waals surface area contributed by atoms with Crippen LogP contribution in [-0.4, -0.2) is 49.2 Å².